The third kappa shape index (κ3) is 2.93. The van der Waals surface area contributed by atoms with Gasteiger partial charge in [-0.15, -0.1) is 11.3 Å². The van der Waals surface area contributed by atoms with Crippen molar-refractivity contribution in [1.82, 2.24) is 0 Å². The van der Waals surface area contributed by atoms with Crippen LogP contribution in [0.15, 0.2) is 41.3 Å². The van der Waals surface area contributed by atoms with Crippen LogP contribution in [0.25, 0.3) is 6.08 Å². The predicted molar refractivity (Wildman–Crippen MR) is 78.4 cm³/mol. The Labute approximate surface area is 120 Å². The van der Waals surface area contributed by atoms with Gasteiger partial charge in [0.1, 0.15) is 11.6 Å². The first kappa shape index (κ1) is 13.5. The maximum absolute atomic E-state index is 12.3. The minimum absolute atomic E-state index is 0.0960. The number of carbonyl (C=O) groups excluding carboxylic acids is 1. The van der Waals surface area contributed by atoms with E-state index in [9.17, 15) is 4.79 Å². The maximum Gasteiger partial charge on any atom is 0.213 e. The van der Waals surface area contributed by atoms with Gasteiger partial charge in [-0.05, 0) is 41.6 Å². The molecular formula is C15H10ClNOS. The van der Waals surface area contributed by atoms with E-state index in [2.05, 4.69) is 0 Å². The molecule has 2 nitrogen and oxygen atoms in total. The molecule has 0 aliphatic rings. The third-order valence-corrected chi connectivity index (χ3v) is 4.00. The number of benzene rings is 1. The molecule has 0 atom stereocenters. The summed E-state index contributed by atoms with van der Waals surface area (Å²) in [6, 6.07) is 10.9. The average Bonchev–Trinajstić information content (AvgIpc) is 2.83. The molecule has 1 aromatic heterocycles. The zero-order valence-electron chi connectivity index (χ0n) is 10.2. The van der Waals surface area contributed by atoms with E-state index in [1.54, 1.807) is 18.2 Å². The Morgan fingerprint density at radius 1 is 1.37 bits per heavy atom. The molecule has 0 amide bonds. The van der Waals surface area contributed by atoms with Crippen LogP contribution < -0.4 is 0 Å². The number of Topliss-reactive ketones (excluding diaryl/α,β-unsaturated/α-hetero) is 1. The summed E-state index contributed by atoms with van der Waals surface area (Å²) < 4.78 is 0. The first-order chi connectivity index (χ1) is 9.13. The Morgan fingerprint density at radius 3 is 2.68 bits per heavy atom. The van der Waals surface area contributed by atoms with Gasteiger partial charge in [0.25, 0.3) is 0 Å². The first-order valence-electron chi connectivity index (χ1n) is 5.58. The molecule has 0 bridgehead atoms. The van der Waals surface area contributed by atoms with Gasteiger partial charge in [0.15, 0.2) is 0 Å². The van der Waals surface area contributed by atoms with Gasteiger partial charge < -0.3 is 0 Å². The van der Waals surface area contributed by atoms with Gasteiger partial charge in [0, 0.05) is 5.02 Å². The summed E-state index contributed by atoms with van der Waals surface area (Å²) in [6.07, 6.45) is 1.53. The highest BCUT2D eigenvalue weighted by Gasteiger charge is 2.16. The van der Waals surface area contributed by atoms with E-state index in [1.165, 1.54) is 17.4 Å². The molecule has 1 aromatic carbocycles. The zero-order valence-corrected chi connectivity index (χ0v) is 11.8. The van der Waals surface area contributed by atoms with Crippen molar-refractivity contribution in [2.45, 2.75) is 6.92 Å². The number of halogens is 1. The molecule has 0 N–H and O–H groups in total. The van der Waals surface area contributed by atoms with Crippen molar-refractivity contribution in [1.29, 1.82) is 5.26 Å². The van der Waals surface area contributed by atoms with Crippen molar-refractivity contribution in [2.75, 3.05) is 0 Å². The van der Waals surface area contributed by atoms with E-state index in [-0.39, 0.29) is 11.4 Å². The van der Waals surface area contributed by atoms with Crippen molar-refractivity contribution < 1.29 is 4.79 Å². The molecule has 0 unspecified atom stereocenters. The number of nitrogens with zero attached hydrogens (tertiary/aromatic N) is 1. The zero-order chi connectivity index (χ0) is 13.8. The van der Waals surface area contributed by atoms with Crippen LogP contribution in [0.5, 0.6) is 0 Å². The second-order valence-electron chi connectivity index (χ2n) is 3.95. The normalized spacial score (nSPS) is 11.1. The van der Waals surface area contributed by atoms with Crippen molar-refractivity contribution in [3.05, 3.63) is 62.3 Å². The average molecular weight is 288 g/mol. The predicted octanol–water partition coefficient (Wildman–Crippen LogP) is 4.50. The van der Waals surface area contributed by atoms with E-state index in [1.807, 2.05) is 30.5 Å². The van der Waals surface area contributed by atoms with Crippen molar-refractivity contribution >= 4 is 34.8 Å². The fourth-order valence-corrected chi connectivity index (χ4v) is 2.69. The number of ketones is 1. The summed E-state index contributed by atoms with van der Waals surface area (Å²) in [6.45, 7) is 1.86. The van der Waals surface area contributed by atoms with E-state index in [4.69, 9.17) is 16.9 Å². The molecule has 0 aliphatic heterocycles. The van der Waals surface area contributed by atoms with Crippen LogP contribution in [0, 0.1) is 18.3 Å². The van der Waals surface area contributed by atoms with Crippen molar-refractivity contribution in [3.8, 4) is 6.07 Å². The summed E-state index contributed by atoms with van der Waals surface area (Å²) in [5, 5.41) is 11.5. The Kier molecular flexibility index (Phi) is 4.16. The lowest BCUT2D eigenvalue weighted by molar-refractivity contribution is 0.104. The van der Waals surface area contributed by atoms with Gasteiger partial charge in [0.2, 0.25) is 5.78 Å². The molecule has 0 spiro atoms. The number of rotatable bonds is 3. The molecule has 19 heavy (non-hydrogen) atoms. The summed E-state index contributed by atoms with van der Waals surface area (Å²) in [7, 11) is 0. The lowest BCUT2D eigenvalue weighted by Crippen LogP contribution is -2.01. The summed E-state index contributed by atoms with van der Waals surface area (Å²) in [5.74, 6) is -0.255. The fraction of sp³-hybridized carbons (Fsp3) is 0.0667. The summed E-state index contributed by atoms with van der Waals surface area (Å²) in [4.78, 5) is 12.8. The van der Waals surface area contributed by atoms with Gasteiger partial charge >= 0.3 is 0 Å². The molecule has 4 heteroatoms. The molecule has 0 radical (unpaired) electrons. The minimum atomic E-state index is -0.255. The SMILES string of the molecule is Cc1ccsc1C(=O)C(C#N)=Cc1ccccc1Cl. The molecule has 0 saturated carbocycles. The molecule has 94 valence electrons. The second kappa shape index (κ2) is 5.83. The molecule has 1 heterocycles. The number of hydrogen-bond donors (Lipinski definition) is 0. The Bertz CT molecular complexity index is 694. The number of thiophene rings is 1. The van der Waals surface area contributed by atoms with Crippen LogP contribution in [0.3, 0.4) is 0 Å². The van der Waals surface area contributed by atoms with Crippen LogP contribution in [0.4, 0.5) is 0 Å². The number of nitriles is 1. The van der Waals surface area contributed by atoms with Crippen molar-refractivity contribution in [3.63, 3.8) is 0 Å². The molecule has 2 rings (SSSR count). The highest BCUT2D eigenvalue weighted by molar-refractivity contribution is 7.12. The van der Waals surface area contributed by atoms with Gasteiger partial charge in [-0.3, -0.25) is 4.79 Å². The minimum Gasteiger partial charge on any atom is -0.287 e. The number of hydrogen-bond acceptors (Lipinski definition) is 3. The summed E-state index contributed by atoms with van der Waals surface area (Å²) in [5.41, 5.74) is 1.65. The largest absolute Gasteiger partial charge is 0.287 e. The molecule has 0 saturated heterocycles. The maximum atomic E-state index is 12.3. The van der Waals surface area contributed by atoms with E-state index < -0.39 is 0 Å². The van der Waals surface area contributed by atoms with E-state index >= 15 is 0 Å². The topological polar surface area (TPSA) is 40.9 Å². The lowest BCUT2D eigenvalue weighted by atomic mass is 10.1. The van der Waals surface area contributed by atoms with Crippen LogP contribution in [0.2, 0.25) is 5.02 Å². The van der Waals surface area contributed by atoms with Crippen LogP contribution in [-0.2, 0) is 0 Å². The Hall–Kier alpha value is -1.89. The monoisotopic (exact) mass is 287 g/mol. The highest BCUT2D eigenvalue weighted by atomic mass is 35.5. The Balaban J connectivity index is 2.42. The second-order valence-corrected chi connectivity index (χ2v) is 5.28. The van der Waals surface area contributed by atoms with Crippen molar-refractivity contribution in [2.24, 2.45) is 0 Å². The smallest absolute Gasteiger partial charge is 0.213 e. The van der Waals surface area contributed by atoms with Crippen LogP contribution in [0.1, 0.15) is 20.8 Å². The first-order valence-corrected chi connectivity index (χ1v) is 6.84. The van der Waals surface area contributed by atoms with Gasteiger partial charge in [0.05, 0.1) is 4.88 Å². The van der Waals surface area contributed by atoms with Crippen LogP contribution in [-0.4, -0.2) is 5.78 Å². The van der Waals surface area contributed by atoms with E-state index in [0.717, 1.165) is 5.56 Å². The molecular weight excluding hydrogens is 278 g/mol. The highest BCUT2D eigenvalue weighted by Crippen LogP contribution is 2.23. The van der Waals surface area contributed by atoms with Gasteiger partial charge in [-0.2, -0.15) is 5.26 Å². The number of carbonyl (C=O) groups is 1. The van der Waals surface area contributed by atoms with E-state index in [0.29, 0.717) is 15.5 Å². The summed E-state index contributed by atoms with van der Waals surface area (Å²) >= 11 is 7.37. The van der Waals surface area contributed by atoms with Crippen LogP contribution >= 0.6 is 22.9 Å². The third-order valence-electron chi connectivity index (χ3n) is 2.64. The molecule has 0 aliphatic carbocycles. The molecule has 0 fully saturated rings. The Morgan fingerprint density at radius 2 is 2.11 bits per heavy atom. The number of allylic oxidation sites excluding steroid dienone is 1. The van der Waals surface area contributed by atoms with Gasteiger partial charge in [-0.1, -0.05) is 29.8 Å². The molecule has 2 aromatic rings. The standard InChI is InChI=1S/C15H10ClNOS/c1-10-6-7-19-15(10)14(18)12(9-17)8-11-4-2-3-5-13(11)16/h2-8H,1H3. The lowest BCUT2D eigenvalue weighted by Gasteiger charge is -2.00. The fourth-order valence-electron chi connectivity index (χ4n) is 1.62. The van der Waals surface area contributed by atoms with Gasteiger partial charge in [-0.25, -0.2) is 0 Å². The quantitative estimate of drug-likeness (QED) is 0.474. The number of aryl methyl sites for hydroxylation is 1.